The molecule has 0 unspecified atom stereocenters. The molecule has 0 saturated carbocycles. The van der Waals surface area contributed by atoms with Crippen molar-refractivity contribution in [2.45, 2.75) is 18.6 Å². The molecule has 31 heavy (non-hydrogen) atoms. The Morgan fingerprint density at radius 3 is 2.61 bits per heavy atom. The molecule has 2 N–H and O–H groups in total. The molecule has 3 rings (SSSR count). The Bertz CT molecular complexity index is 1140. The van der Waals surface area contributed by atoms with E-state index in [-0.39, 0.29) is 24.1 Å². The molecule has 0 aliphatic heterocycles. The number of rotatable bonds is 7. The zero-order valence-electron chi connectivity index (χ0n) is 16.6. The van der Waals surface area contributed by atoms with Crippen molar-refractivity contribution in [1.29, 1.82) is 0 Å². The zero-order chi connectivity index (χ0) is 22.5. The molecule has 0 saturated heterocycles. The summed E-state index contributed by atoms with van der Waals surface area (Å²) in [6.07, 6.45) is 0. The van der Waals surface area contributed by atoms with Gasteiger partial charge in [-0.1, -0.05) is 50.9 Å². The topological polar surface area (TPSA) is 88.9 Å². The molecule has 162 valence electrons. The van der Waals surface area contributed by atoms with Crippen LogP contribution >= 0.6 is 50.9 Å². The summed E-state index contributed by atoms with van der Waals surface area (Å²) in [6, 6.07) is 10.3. The highest BCUT2D eigenvalue weighted by Crippen LogP contribution is 2.23. The number of aryl methyl sites for hydroxylation is 1. The summed E-state index contributed by atoms with van der Waals surface area (Å²) in [6.45, 7) is 2.10. The van der Waals surface area contributed by atoms with Crippen molar-refractivity contribution in [1.82, 2.24) is 20.1 Å². The lowest BCUT2D eigenvalue weighted by Crippen LogP contribution is -2.24. The molecule has 0 aliphatic rings. The second-order valence-corrected chi connectivity index (χ2v) is 9.24. The Kier molecular flexibility index (Phi) is 7.99. The molecule has 11 heteroatoms. The third-order valence-corrected chi connectivity index (χ3v) is 6.56. The fourth-order valence-corrected chi connectivity index (χ4v) is 4.11. The molecule has 2 amide bonds. The molecule has 1 aromatic heterocycles. The van der Waals surface area contributed by atoms with Crippen LogP contribution in [0.25, 0.3) is 0 Å². The van der Waals surface area contributed by atoms with Gasteiger partial charge in [0.15, 0.2) is 11.0 Å². The summed E-state index contributed by atoms with van der Waals surface area (Å²) in [5.41, 5.74) is 2.12. The van der Waals surface area contributed by atoms with Crippen LogP contribution in [0.4, 0.5) is 5.69 Å². The van der Waals surface area contributed by atoms with Crippen molar-refractivity contribution in [2.24, 2.45) is 7.05 Å². The summed E-state index contributed by atoms with van der Waals surface area (Å²) in [5.74, 6) is 0.282. The number of carbonyl (C=O) groups is 2. The van der Waals surface area contributed by atoms with E-state index in [1.165, 1.54) is 17.8 Å². The number of amides is 2. The largest absolute Gasteiger partial charge is 0.345 e. The van der Waals surface area contributed by atoms with Gasteiger partial charge in [0.05, 0.1) is 22.3 Å². The number of nitrogens with one attached hydrogen (secondary N) is 2. The minimum Gasteiger partial charge on any atom is -0.345 e. The monoisotopic (exact) mass is 541 g/mol. The maximum absolute atomic E-state index is 12.3. The van der Waals surface area contributed by atoms with Crippen LogP contribution < -0.4 is 10.6 Å². The van der Waals surface area contributed by atoms with E-state index >= 15 is 0 Å². The van der Waals surface area contributed by atoms with Gasteiger partial charge in [0.2, 0.25) is 5.91 Å². The molecule has 3 aromatic rings. The molecule has 0 spiro atoms. The lowest BCUT2D eigenvalue weighted by atomic mass is 10.2. The summed E-state index contributed by atoms with van der Waals surface area (Å²) >= 11 is 16.5. The van der Waals surface area contributed by atoms with Crippen molar-refractivity contribution < 1.29 is 9.59 Å². The second-order valence-electron chi connectivity index (χ2n) is 6.57. The summed E-state index contributed by atoms with van der Waals surface area (Å²) in [4.78, 5) is 24.6. The van der Waals surface area contributed by atoms with E-state index in [1.54, 1.807) is 23.7 Å². The molecular formula is C20H18BrCl2N5O2S. The van der Waals surface area contributed by atoms with Crippen molar-refractivity contribution in [3.05, 3.63) is 67.9 Å². The number of anilines is 1. The van der Waals surface area contributed by atoms with E-state index in [1.807, 2.05) is 25.1 Å². The summed E-state index contributed by atoms with van der Waals surface area (Å²) in [5, 5.41) is 15.1. The smallest absolute Gasteiger partial charge is 0.251 e. The van der Waals surface area contributed by atoms with Crippen molar-refractivity contribution in [2.75, 3.05) is 11.1 Å². The number of carbonyl (C=O) groups excluding carboxylic acids is 2. The normalized spacial score (nSPS) is 10.7. The number of aromatic nitrogens is 3. The molecule has 7 nitrogen and oxygen atoms in total. The van der Waals surface area contributed by atoms with Crippen LogP contribution in [-0.4, -0.2) is 32.3 Å². The maximum Gasteiger partial charge on any atom is 0.251 e. The highest BCUT2D eigenvalue weighted by atomic mass is 79.9. The second kappa shape index (κ2) is 10.5. The molecular weight excluding hydrogens is 525 g/mol. The van der Waals surface area contributed by atoms with E-state index in [0.717, 1.165) is 15.7 Å². The first-order valence-corrected chi connectivity index (χ1v) is 11.6. The zero-order valence-corrected chi connectivity index (χ0v) is 20.5. The number of thioether (sulfide) groups is 1. The Labute approximate surface area is 202 Å². The predicted molar refractivity (Wildman–Crippen MR) is 127 cm³/mol. The third kappa shape index (κ3) is 6.22. The van der Waals surface area contributed by atoms with Gasteiger partial charge in [0.25, 0.3) is 5.91 Å². The standard InChI is InChI=1S/C20H18BrCl2N5O2S/c1-11-7-13(21)4-6-16(11)25-18(29)10-31-20-27-26-17(28(20)2)9-24-19(30)12-3-5-14(22)15(23)8-12/h3-8H,9-10H2,1-2H3,(H,24,30)(H,25,29). The number of hydrogen-bond donors (Lipinski definition) is 2. The van der Waals surface area contributed by atoms with Crippen LogP contribution in [0.2, 0.25) is 10.0 Å². The van der Waals surface area contributed by atoms with Crippen LogP contribution in [0.15, 0.2) is 46.0 Å². The highest BCUT2D eigenvalue weighted by molar-refractivity contribution is 9.10. The van der Waals surface area contributed by atoms with Gasteiger partial charge in [-0.3, -0.25) is 9.59 Å². The molecule has 2 aromatic carbocycles. The Morgan fingerprint density at radius 2 is 1.90 bits per heavy atom. The number of benzene rings is 2. The molecule has 1 heterocycles. The van der Waals surface area contributed by atoms with Gasteiger partial charge in [-0.05, 0) is 48.9 Å². The van der Waals surface area contributed by atoms with E-state index in [4.69, 9.17) is 23.2 Å². The fourth-order valence-electron chi connectivity index (χ4n) is 2.61. The van der Waals surface area contributed by atoms with Crippen LogP contribution in [0.5, 0.6) is 0 Å². The number of halogens is 3. The quantitative estimate of drug-likeness (QED) is 0.416. The first-order valence-electron chi connectivity index (χ1n) is 9.05. The molecule has 0 aliphatic carbocycles. The van der Waals surface area contributed by atoms with Gasteiger partial charge in [-0.25, -0.2) is 0 Å². The fraction of sp³-hybridized carbons (Fsp3) is 0.200. The average Bonchev–Trinajstić information content (AvgIpc) is 3.08. The first kappa shape index (κ1) is 23.6. The lowest BCUT2D eigenvalue weighted by molar-refractivity contribution is -0.113. The third-order valence-electron chi connectivity index (χ3n) is 4.31. The van der Waals surface area contributed by atoms with Gasteiger partial charge in [-0.15, -0.1) is 10.2 Å². The van der Waals surface area contributed by atoms with E-state index < -0.39 is 0 Å². The SMILES string of the molecule is Cc1cc(Br)ccc1NC(=O)CSc1nnc(CNC(=O)c2ccc(Cl)c(Cl)c2)n1C. The number of hydrogen-bond acceptors (Lipinski definition) is 5. The minimum atomic E-state index is -0.306. The van der Waals surface area contributed by atoms with Crippen molar-refractivity contribution >= 4 is 68.4 Å². The van der Waals surface area contributed by atoms with Crippen LogP contribution in [0, 0.1) is 6.92 Å². The molecule has 0 bridgehead atoms. The van der Waals surface area contributed by atoms with E-state index in [9.17, 15) is 9.59 Å². The highest BCUT2D eigenvalue weighted by Gasteiger charge is 2.14. The first-order chi connectivity index (χ1) is 14.7. The van der Waals surface area contributed by atoms with Crippen LogP contribution in [-0.2, 0) is 18.4 Å². The van der Waals surface area contributed by atoms with Crippen molar-refractivity contribution in [3.8, 4) is 0 Å². The Hall–Kier alpha value is -2.07. The van der Waals surface area contributed by atoms with E-state index in [2.05, 4.69) is 36.8 Å². The predicted octanol–water partition coefficient (Wildman–Crippen LogP) is 4.85. The lowest BCUT2D eigenvalue weighted by Gasteiger charge is -2.09. The summed E-state index contributed by atoms with van der Waals surface area (Å²) < 4.78 is 2.69. The Morgan fingerprint density at radius 1 is 1.13 bits per heavy atom. The summed E-state index contributed by atoms with van der Waals surface area (Å²) in [7, 11) is 1.78. The van der Waals surface area contributed by atoms with Crippen molar-refractivity contribution in [3.63, 3.8) is 0 Å². The minimum absolute atomic E-state index is 0.145. The van der Waals surface area contributed by atoms with E-state index in [0.29, 0.717) is 26.6 Å². The van der Waals surface area contributed by atoms with Gasteiger partial charge in [-0.2, -0.15) is 0 Å². The molecule has 0 atom stereocenters. The molecule has 0 radical (unpaired) electrons. The van der Waals surface area contributed by atoms with Gasteiger partial charge in [0.1, 0.15) is 0 Å². The maximum atomic E-state index is 12.3. The van der Waals surface area contributed by atoms with Crippen LogP contribution in [0.1, 0.15) is 21.7 Å². The Balaban J connectivity index is 1.54. The van der Waals surface area contributed by atoms with Gasteiger partial charge < -0.3 is 15.2 Å². The van der Waals surface area contributed by atoms with Crippen LogP contribution in [0.3, 0.4) is 0 Å². The molecule has 0 fully saturated rings. The van der Waals surface area contributed by atoms with Gasteiger partial charge >= 0.3 is 0 Å². The number of nitrogens with zero attached hydrogens (tertiary/aromatic N) is 3. The average molecular weight is 543 g/mol. The van der Waals surface area contributed by atoms with Gasteiger partial charge in [0, 0.05) is 22.8 Å².